The zero-order chi connectivity index (χ0) is 11.2. The molecule has 0 radical (unpaired) electrons. The second-order valence-corrected chi connectivity index (χ2v) is 6.50. The van der Waals surface area contributed by atoms with Crippen LogP contribution in [0.5, 0.6) is 0 Å². The minimum absolute atomic E-state index is 0.871. The molecule has 0 spiro atoms. The molecule has 0 atom stereocenters. The Balaban J connectivity index is 1.73. The minimum Gasteiger partial charge on any atom is -0.360 e. The van der Waals surface area contributed by atoms with Gasteiger partial charge in [0.05, 0.1) is 0 Å². The summed E-state index contributed by atoms with van der Waals surface area (Å²) in [6.07, 6.45) is 6.74. The number of anilines is 1. The highest BCUT2D eigenvalue weighted by Crippen LogP contribution is 2.32. The number of hydrogen-bond donors (Lipinski definition) is 1. The summed E-state index contributed by atoms with van der Waals surface area (Å²) in [6.45, 7) is 3.15. The van der Waals surface area contributed by atoms with E-state index in [1.165, 1.54) is 25.7 Å². The van der Waals surface area contributed by atoms with Gasteiger partial charge in [-0.1, -0.05) is 31.1 Å². The molecule has 1 N–H and O–H groups in total. The second kappa shape index (κ2) is 6.45. The number of nitrogens with one attached hydrogen (secondary N) is 1. The van der Waals surface area contributed by atoms with Crippen LogP contribution >= 0.6 is 23.1 Å². The SMILES string of the molecule is CCCNc1nnc(CSC2CCCC2)s1. The molecular formula is C11H19N3S2. The van der Waals surface area contributed by atoms with E-state index in [0.29, 0.717) is 0 Å². The summed E-state index contributed by atoms with van der Waals surface area (Å²) in [6, 6.07) is 0. The smallest absolute Gasteiger partial charge is 0.205 e. The van der Waals surface area contributed by atoms with Gasteiger partial charge in [-0.2, -0.15) is 11.8 Å². The van der Waals surface area contributed by atoms with Crippen molar-refractivity contribution in [2.75, 3.05) is 11.9 Å². The van der Waals surface area contributed by atoms with Crippen LogP contribution in [-0.4, -0.2) is 22.0 Å². The third kappa shape index (κ3) is 3.63. The average molecular weight is 257 g/mol. The monoisotopic (exact) mass is 257 g/mol. The van der Waals surface area contributed by atoms with Gasteiger partial charge < -0.3 is 5.32 Å². The lowest BCUT2D eigenvalue weighted by atomic mass is 10.4. The molecule has 2 rings (SSSR count). The normalized spacial score (nSPS) is 16.8. The highest BCUT2D eigenvalue weighted by atomic mass is 32.2. The fourth-order valence-electron chi connectivity index (χ4n) is 1.86. The fraction of sp³-hybridized carbons (Fsp3) is 0.818. The van der Waals surface area contributed by atoms with Gasteiger partial charge in [-0.3, -0.25) is 0 Å². The first kappa shape index (κ1) is 12.2. The van der Waals surface area contributed by atoms with Crippen molar-refractivity contribution in [3.05, 3.63) is 5.01 Å². The molecule has 1 heterocycles. The predicted molar refractivity (Wildman–Crippen MR) is 72.2 cm³/mol. The Kier molecular flexibility index (Phi) is 4.91. The summed E-state index contributed by atoms with van der Waals surface area (Å²) >= 11 is 3.76. The molecule has 3 nitrogen and oxygen atoms in total. The van der Waals surface area contributed by atoms with Crippen molar-refractivity contribution in [1.29, 1.82) is 0 Å². The van der Waals surface area contributed by atoms with Crippen LogP contribution in [0.25, 0.3) is 0 Å². The van der Waals surface area contributed by atoms with Gasteiger partial charge in [0.2, 0.25) is 5.13 Å². The van der Waals surface area contributed by atoms with Crippen molar-refractivity contribution in [3.8, 4) is 0 Å². The molecule has 90 valence electrons. The van der Waals surface area contributed by atoms with Gasteiger partial charge in [0.25, 0.3) is 0 Å². The summed E-state index contributed by atoms with van der Waals surface area (Å²) in [7, 11) is 0. The number of hydrogen-bond acceptors (Lipinski definition) is 5. The van der Waals surface area contributed by atoms with Crippen LogP contribution in [0.3, 0.4) is 0 Å². The zero-order valence-electron chi connectivity index (χ0n) is 9.74. The van der Waals surface area contributed by atoms with Gasteiger partial charge in [0.15, 0.2) is 0 Å². The summed E-state index contributed by atoms with van der Waals surface area (Å²) in [4.78, 5) is 0. The summed E-state index contributed by atoms with van der Waals surface area (Å²) in [5, 5.41) is 14.6. The van der Waals surface area contributed by atoms with E-state index >= 15 is 0 Å². The van der Waals surface area contributed by atoms with Crippen LogP contribution in [0.2, 0.25) is 0 Å². The molecule has 1 aromatic heterocycles. The van der Waals surface area contributed by atoms with Crippen LogP contribution in [0.4, 0.5) is 5.13 Å². The van der Waals surface area contributed by atoms with E-state index in [0.717, 1.165) is 34.1 Å². The van der Waals surface area contributed by atoms with Gasteiger partial charge in [-0.05, 0) is 19.3 Å². The maximum Gasteiger partial charge on any atom is 0.205 e. The Labute approximate surface area is 105 Å². The van der Waals surface area contributed by atoms with E-state index < -0.39 is 0 Å². The predicted octanol–water partition coefficient (Wildman–Crippen LogP) is 3.54. The first-order valence-electron chi connectivity index (χ1n) is 6.06. The van der Waals surface area contributed by atoms with Gasteiger partial charge in [-0.25, -0.2) is 0 Å². The lowest BCUT2D eigenvalue weighted by Gasteiger charge is -2.05. The molecule has 0 saturated heterocycles. The Morgan fingerprint density at radius 1 is 1.38 bits per heavy atom. The third-order valence-corrected chi connectivity index (χ3v) is 5.18. The molecule has 0 bridgehead atoms. The van der Waals surface area contributed by atoms with E-state index in [1.54, 1.807) is 11.3 Å². The van der Waals surface area contributed by atoms with Crippen molar-refractivity contribution in [3.63, 3.8) is 0 Å². The Hall–Kier alpha value is -0.290. The first-order chi connectivity index (χ1) is 7.88. The van der Waals surface area contributed by atoms with Crippen LogP contribution in [0.1, 0.15) is 44.0 Å². The molecule has 0 aliphatic heterocycles. The lowest BCUT2D eigenvalue weighted by molar-refractivity contribution is 0.886. The Bertz CT molecular complexity index is 308. The largest absolute Gasteiger partial charge is 0.360 e. The van der Waals surface area contributed by atoms with Gasteiger partial charge in [0.1, 0.15) is 5.01 Å². The van der Waals surface area contributed by atoms with Crippen LogP contribution in [-0.2, 0) is 5.75 Å². The van der Waals surface area contributed by atoms with Crippen molar-refractivity contribution < 1.29 is 0 Å². The number of nitrogens with zero attached hydrogens (tertiary/aromatic N) is 2. The number of aromatic nitrogens is 2. The summed E-state index contributed by atoms with van der Waals surface area (Å²) in [5.74, 6) is 1.04. The topological polar surface area (TPSA) is 37.8 Å². The van der Waals surface area contributed by atoms with E-state index in [4.69, 9.17) is 0 Å². The third-order valence-electron chi connectivity index (χ3n) is 2.74. The maximum atomic E-state index is 4.22. The van der Waals surface area contributed by atoms with Crippen molar-refractivity contribution in [1.82, 2.24) is 10.2 Å². The van der Waals surface area contributed by atoms with Crippen molar-refractivity contribution in [2.45, 2.75) is 50.0 Å². The van der Waals surface area contributed by atoms with Gasteiger partial charge >= 0.3 is 0 Å². The van der Waals surface area contributed by atoms with Crippen LogP contribution in [0.15, 0.2) is 0 Å². The molecule has 1 saturated carbocycles. The van der Waals surface area contributed by atoms with E-state index in [2.05, 4.69) is 34.2 Å². The van der Waals surface area contributed by atoms with Crippen molar-refractivity contribution in [2.24, 2.45) is 0 Å². The maximum absolute atomic E-state index is 4.22. The highest BCUT2D eigenvalue weighted by molar-refractivity contribution is 7.99. The Morgan fingerprint density at radius 2 is 2.19 bits per heavy atom. The molecular weight excluding hydrogens is 238 g/mol. The molecule has 16 heavy (non-hydrogen) atoms. The van der Waals surface area contributed by atoms with Crippen LogP contribution in [0, 0.1) is 0 Å². The van der Waals surface area contributed by atoms with Gasteiger partial charge in [-0.15, -0.1) is 10.2 Å². The Morgan fingerprint density at radius 3 is 2.94 bits per heavy atom. The quantitative estimate of drug-likeness (QED) is 0.846. The van der Waals surface area contributed by atoms with Gasteiger partial charge in [0, 0.05) is 17.5 Å². The number of rotatable bonds is 6. The molecule has 0 aromatic carbocycles. The molecule has 0 unspecified atom stereocenters. The zero-order valence-corrected chi connectivity index (χ0v) is 11.4. The second-order valence-electron chi connectivity index (χ2n) is 4.15. The lowest BCUT2D eigenvalue weighted by Crippen LogP contribution is -1.98. The molecule has 1 aliphatic carbocycles. The molecule has 1 aromatic rings. The first-order valence-corrected chi connectivity index (χ1v) is 7.93. The van der Waals surface area contributed by atoms with E-state index in [9.17, 15) is 0 Å². The summed E-state index contributed by atoms with van der Waals surface area (Å²) < 4.78 is 0. The van der Waals surface area contributed by atoms with Crippen molar-refractivity contribution >= 4 is 28.2 Å². The summed E-state index contributed by atoms with van der Waals surface area (Å²) in [5.41, 5.74) is 0. The molecule has 1 fully saturated rings. The molecule has 0 amide bonds. The van der Waals surface area contributed by atoms with E-state index in [1.807, 2.05) is 0 Å². The molecule has 1 aliphatic rings. The van der Waals surface area contributed by atoms with Crippen LogP contribution < -0.4 is 5.32 Å². The highest BCUT2D eigenvalue weighted by Gasteiger charge is 2.16. The fourth-order valence-corrected chi connectivity index (χ4v) is 3.96. The van der Waals surface area contributed by atoms with E-state index in [-0.39, 0.29) is 0 Å². The molecule has 5 heteroatoms. The number of thioether (sulfide) groups is 1. The minimum atomic E-state index is 0.871. The standard InChI is InChI=1S/C11H19N3S2/c1-2-7-12-11-14-13-10(16-11)8-15-9-5-3-4-6-9/h9H,2-8H2,1H3,(H,12,14). The average Bonchev–Trinajstić information content (AvgIpc) is 2.95.